The maximum atomic E-state index is 15.2. The molecule has 4 rings (SSSR count). The van der Waals surface area contributed by atoms with Crippen molar-refractivity contribution in [3.8, 4) is 17.9 Å². The maximum Gasteiger partial charge on any atom is 0.304 e. The van der Waals surface area contributed by atoms with E-state index < -0.39 is 0 Å². The molecular formula is C24H32FN5O2. The normalized spacial score (nSPS) is 18.0. The van der Waals surface area contributed by atoms with Crippen molar-refractivity contribution in [2.24, 2.45) is 5.92 Å². The zero-order valence-electron chi connectivity index (χ0n) is 19.4. The SMILES string of the molecule is COc1nc2cc(N3CCN(C4CN(C)C4)CC3)c(F)cc2n1C(=O)CCC#CC(C)C. The summed E-state index contributed by atoms with van der Waals surface area (Å²) in [5.41, 5.74) is 1.52. The molecule has 8 heteroatoms. The van der Waals surface area contributed by atoms with Crippen LogP contribution >= 0.6 is 0 Å². The summed E-state index contributed by atoms with van der Waals surface area (Å²) in [6.07, 6.45) is 0.671. The molecule has 0 atom stereocenters. The molecule has 0 spiro atoms. The Hall–Kier alpha value is -2.63. The number of likely N-dealkylation sites (N-methyl/N-ethyl adjacent to an activating group) is 1. The molecule has 7 nitrogen and oxygen atoms in total. The first-order valence-corrected chi connectivity index (χ1v) is 11.3. The highest BCUT2D eigenvalue weighted by Gasteiger charge is 2.32. The van der Waals surface area contributed by atoms with E-state index in [9.17, 15) is 4.79 Å². The standard InChI is InChI=1S/C24H32FN5O2/c1-17(2)7-5-6-8-23(31)30-22-13-19(25)21(14-20(22)26-24(30)32-4)29-11-9-28(10-12-29)18-15-27(3)16-18/h13-14,17-18H,6,8-12,15-16H2,1-4H3. The summed E-state index contributed by atoms with van der Waals surface area (Å²) < 4.78 is 21.9. The van der Waals surface area contributed by atoms with Crippen LogP contribution in [-0.4, -0.2) is 84.7 Å². The lowest BCUT2D eigenvalue weighted by Crippen LogP contribution is -2.62. The lowest BCUT2D eigenvalue weighted by atomic mass is 10.1. The lowest BCUT2D eigenvalue weighted by molar-refractivity contribution is 0.0487. The minimum Gasteiger partial charge on any atom is -0.468 e. The number of fused-ring (bicyclic) bond motifs is 1. The van der Waals surface area contributed by atoms with Crippen molar-refractivity contribution in [3.63, 3.8) is 0 Å². The predicted molar refractivity (Wildman–Crippen MR) is 124 cm³/mol. The number of rotatable bonds is 5. The van der Waals surface area contributed by atoms with Crippen LogP contribution in [0.2, 0.25) is 0 Å². The molecule has 0 saturated carbocycles. The van der Waals surface area contributed by atoms with Gasteiger partial charge in [-0.1, -0.05) is 13.8 Å². The molecule has 1 aromatic carbocycles. The van der Waals surface area contributed by atoms with Crippen LogP contribution in [0.25, 0.3) is 11.0 Å². The molecule has 32 heavy (non-hydrogen) atoms. The number of ether oxygens (including phenoxy) is 1. The monoisotopic (exact) mass is 441 g/mol. The van der Waals surface area contributed by atoms with Crippen molar-refractivity contribution < 1.29 is 13.9 Å². The number of hydrogen-bond donors (Lipinski definition) is 0. The minimum atomic E-state index is -0.342. The van der Waals surface area contributed by atoms with Gasteiger partial charge in [-0.15, -0.1) is 11.8 Å². The summed E-state index contributed by atoms with van der Waals surface area (Å²) in [7, 11) is 3.60. The fourth-order valence-corrected chi connectivity index (χ4v) is 4.47. The molecule has 1 aromatic heterocycles. The first-order chi connectivity index (χ1) is 15.4. The Kier molecular flexibility index (Phi) is 6.68. The molecule has 0 N–H and O–H groups in total. The lowest BCUT2D eigenvalue weighted by Gasteiger charge is -2.47. The molecule has 0 bridgehead atoms. The van der Waals surface area contributed by atoms with E-state index >= 15 is 4.39 Å². The Morgan fingerprint density at radius 2 is 1.97 bits per heavy atom. The van der Waals surface area contributed by atoms with Crippen LogP contribution in [-0.2, 0) is 0 Å². The molecule has 0 aliphatic carbocycles. The molecule has 0 unspecified atom stereocenters. The van der Waals surface area contributed by atoms with E-state index in [0.717, 1.165) is 39.3 Å². The van der Waals surface area contributed by atoms with Crippen molar-refractivity contribution in [2.45, 2.75) is 32.7 Å². The summed E-state index contributed by atoms with van der Waals surface area (Å²) in [5, 5.41) is 0. The first kappa shape index (κ1) is 22.6. The van der Waals surface area contributed by atoms with Crippen molar-refractivity contribution in [3.05, 3.63) is 17.9 Å². The van der Waals surface area contributed by atoms with E-state index in [4.69, 9.17) is 4.74 Å². The van der Waals surface area contributed by atoms with E-state index in [2.05, 4.69) is 38.6 Å². The maximum absolute atomic E-state index is 15.2. The number of anilines is 1. The Morgan fingerprint density at radius 1 is 1.25 bits per heavy atom. The molecule has 3 heterocycles. The molecule has 0 amide bonds. The third kappa shape index (κ3) is 4.59. The van der Waals surface area contributed by atoms with Gasteiger partial charge in [0, 0.05) is 70.1 Å². The van der Waals surface area contributed by atoms with Gasteiger partial charge in [0.25, 0.3) is 0 Å². The Labute approximate surface area is 189 Å². The predicted octanol–water partition coefficient (Wildman–Crippen LogP) is 2.70. The van der Waals surface area contributed by atoms with Gasteiger partial charge < -0.3 is 14.5 Å². The highest BCUT2D eigenvalue weighted by atomic mass is 19.1. The fourth-order valence-electron chi connectivity index (χ4n) is 4.47. The average molecular weight is 442 g/mol. The largest absolute Gasteiger partial charge is 0.468 e. The number of hydrogen-bond acceptors (Lipinski definition) is 6. The van der Waals surface area contributed by atoms with Gasteiger partial charge in [0.2, 0.25) is 5.91 Å². The summed E-state index contributed by atoms with van der Waals surface area (Å²) in [6.45, 7) is 9.61. The van der Waals surface area contributed by atoms with Gasteiger partial charge in [-0.25, -0.2) is 8.96 Å². The number of nitrogens with zero attached hydrogens (tertiary/aromatic N) is 5. The average Bonchev–Trinajstić information content (AvgIpc) is 3.11. The van der Waals surface area contributed by atoms with E-state index in [0.29, 0.717) is 29.2 Å². The second-order valence-electron chi connectivity index (χ2n) is 8.99. The third-order valence-electron chi connectivity index (χ3n) is 6.20. The first-order valence-electron chi connectivity index (χ1n) is 11.3. The van der Waals surface area contributed by atoms with E-state index in [1.165, 1.54) is 17.7 Å². The molecule has 0 radical (unpaired) electrons. The van der Waals surface area contributed by atoms with Crippen LogP contribution in [0.15, 0.2) is 12.1 Å². The smallest absolute Gasteiger partial charge is 0.304 e. The number of methoxy groups -OCH3 is 1. The van der Waals surface area contributed by atoms with Crippen molar-refractivity contribution in [1.29, 1.82) is 0 Å². The molecule has 172 valence electrons. The highest BCUT2D eigenvalue weighted by molar-refractivity contribution is 5.93. The molecule has 2 aromatic rings. The summed E-state index contributed by atoms with van der Waals surface area (Å²) in [4.78, 5) is 24.2. The highest BCUT2D eigenvalue weighted by Crippen LogP contribution is 2.30. The number of aromatic nitrogens is 2. The van der Waals surface area contributed by atoms with Gasteiger partial charge in [-0.3, -0.25) is 9.69 Å². The molecule has 2 aliphatic heterocycles. The van der Waals surface area contributed by atoms with Crippen LogP contribution < -0.4 is 9.64 Å². The molecule has 2 fully saturated rings. The van der Waals surface area contributed by atoms with Crippen LogP contribution in [0.3, 0.4) is 0 Å². The van der Waals surface area contributed by atoms with E-state index in [1.54, 1.807) is 6.07 Å². The van der Waals surface area contributed by atoms with Gasteiger partial charge in [0.1, 0.15) is 5.82 Å². The molecule has 2 aliphatic rings. The van der Waals surface area contributed by atoms with Crippen molar-refractivity contribution in [1.82, 2.24) is 19.4 Å². The molecular weight excluding hydrogens is 409 g/mol. The van der Waals surface area contributed by atoms with Crippen LogP contribution in [0, 0.1) is 23.6 Å². The summed E-state index contributed by atoms with van der Waals surface area (Å²) in [6, 6.07) is 3.94. The summed E-state index contributed by atoms with van der Waals surface area (Å²) >= 11 is 0. The number of carbonyl (C=O) groups is 1. The fraction of sp³-hybridized carbons (Fsp3) is 0.583. The molecule has 2 saturated heterocycles. The Morgan fingerprint density at radius 3 is 2.59 bits per heavy atom. The van der Waals surface area contributed by atoms with E-state index in [1.807, 2.05) is 13.8 Å². The number of benzene rings is 1. The van der Waals surface area contributed by atoms with Crippen LogP contribution in [0.5, 0.6) is 6.01 Å². The van der Waals surface area contributed by atoms with Gasteiger partial charge in [0.15, 0.2) is 0 Å². The Bertz CT molecular complexity index is 1040. The second-order valence-corrected chi connectivity index (χ2v) is 8.99. The quantitative estimate of drug-likeness (QED) is 0.665. The van der Waals surface area contributed by atoms with Gasteiger partial charge >= 0.3 is 6.01 Å². The van der Waals surface area contributed by atoms with Crippen molar-refractivity contribution >= 4 is 22.6 Å². The third-order valence-corrected chi connectivity index (χ3v) is 6.20. The number of piperazine rings is 1. The van der Waals surface area contributed by atoms with Crippen LogP contribution in [0.1, 0.15) is 31.5 Å². The number of halogens is 1. The number of imidazole rings is 1. The number of carbonyl (C=O) groups excluding carboxylic acids is 1. The van der Waals surface area contributed by atoms with Crippen LogP contribution in [0.4, 0.5) is 10.1 Å². The van der Waals surface area contributed by atoms with Gasteiger partial charge in [0.05, 0.1) is 23.8 Å². The summed E-state index contributed by atoms with van der Waals surface area (Å²) in [5.74, 6) is 5.79. The van der Waals surface area contributed by atoms with Gasteiger partial charge in [-0.05, 0) is 13.1 Å². The van der Waals surface area contributed by atoms with E-state index in [-0.39, 0.29) is 30.1 Å². The minimum absolute atomic E-state index is 0.178. The topological polar surface area (TPSA) is 53.8 Å². The Balaban J connectivity index is 1.51. The zero-order valence-corrected chi connectivity index (χ0v) is 19.4. The number of likely N-dealkylation sites (tertiary alicyclic amines) is 1. The second kappa shape index (κ2) is 9.47. The zero-order chi connectivity index (χ0) is 22.8. The van der Waals surface area contributed by atoms with Gasteiger partial charge in [-0.2, -0.15) is 4.98 Å². The van der Waals surface area contributed by atoms with Crippen molar-refractivity contribution in [2.75, 3.05) is 58.3 Å².